The number of benzene rings is 1. The first-order chi connectivity index (χ1) is 9.94. The number of nitrogens with one attached hydrogen (secondary N) is 2. The van der Waals surface area contributed by atoms with Crippen LogP contribution in [0.5, 0.6) is 0 Å². The van der Waals surface area contributed by atoms with Crippen LogP contribution in [0, 0.1) is 0 Å². The molecule has 1 aliphatic carbocycles. The summed E-state index contributed by atoms with van der Waals surface area (Å²) in [6.45, 7) is 3.42. The average molecular weight is 290 g/mol. The molecule has 0 saturated heterocycles. The summed E-state index contributed by atoms with van der Waals surface area (Å²) < 4.78 is 0. The van der Waals surface area contributed by atoms with Crippen LogP contribution in [0.25, 0.3) is 0 Å². The lowest BCUT2D eigenvalue weighted by Gasteiger charge is -2.25. The molecule has 1 aromatic carbocycles. The van der Waals surface area contributed by atoms with Crippen LogP contribution in [-0.4, -0.2) is 22.6 Å². The Morgan fingerprint density at radius 3 is 2.67 bits per heavy atom. The summed E-state index contributed by atoms with van der Waals surface area (Å²) in [5, 5.41) is 14.6. The third-order valence-corrected chi connectivity index (χ3v) is 3.97. The van der Waals surface area contributed by atoms with Gasteiger partial charge in [-0.15, -0.1) is 0 Å². The van der Waals surface area contributed by atoms with Crippen LogP contribution >= 0.6 is 0 Å². The Hall–Kier alpha value is -2.04. The first-order valence-electron chi connectivity index (χ1n) is 7.39. The zero-order chi connectivity index (χ0) is 15.5. The summed E-state index contributed by atoms with van der Waals surface area (Å²) in [6.07, 6.45) is 4.35. The Bertz CT molecular complexity index is 556. The normalized spacial score (nSPS) is 15.9. The molecule has 1 atom stereocenters. The van der Waals surface area contributed by atoms with Crippen LogP contribution in [0.2, 0.25) is 0 Å². The van der Waals surface area contributed by atoms with Gasteiger partial charge in [0.2, 0.25) is 0 Å². The fourth-order valence-electron chi connectivity index (χ4n) is 2.79. The minimum Gasteiger partial charge on any atom is -0.480 e. The van der Waals surface area contributed by atoms with Gasteiger partial charge >= 0.3 is 12.0 Å². The topological polar surface area (TPSA) is 78.4 Å². The molecule has 1 unspecified atom stereocenters. The molecule has 2 amide bonds. The van der Waals surface area contributed by atoms with E-state index in [1.165, 1.54) is 18.1 Å². The Morgan fingerprint density at radius 2 is 2.00 bits per heavy atom. The highest BCUT2D eigenvalue weighted by Gasteiger charge is 2.33. The van der Waals surface area contributed by atoms with Gasteiger partial charge in [0, 0.05) is 5.69 Å². The number of aryl methyl sites for hydroxylation is 2. The molecule has 0 aromatic heterocycles. The lowest BCUT2D eigenvalue weighted by Crippen LogP contribution is -2.53. The van der Waals surface area contributed by atoms with Crippen molar-refractivity contribution in [2.45, 2.75) is 51.5 Å². The predicted molar refractivity (Wildman–Crippen MR) is 81.6 cm³/mol. The van der Waals surface area contributed by atoms with Gasteiger partial charge in [0.15, 0.2) is 0 Å². The number of urea groups is 1. The molecule has 114 valence electrons. The largest absolute Gasteiger partial charge is 0.480 e. The lowest BCUT2D eigenvalue weighted by molar-refractivity contribution is -0.143. The first-order valence-corrected chi connectivity index (χ1v) is 7.39. The van der Waals surface area contributed by atoms with Gasteiger partial charge in [-0.1, -0.05) is 19.4 Å². The predicted octanol–water partition coefficient (Wildman–Crippen LogP) is 2.94. The third kappa shape index (κ3) is 3.54. The molecular weight excluding hydrogens is 268 g/mol. The first kappa shape index (κ1) is 15.4. The van der Waals surface area contributed by atoms with E-state index in [0.717, 1.165) is 19.3 Å². The summed E-state index contributed by atoms with van der Waals surface area (Å²) in [5.41, 5.74) is 2.07. The van der Waals surface area contributed by atoms with E-state index in [-0.39, 0.29) is 0 Å². The number of hydrogen-bond acceptors (Lipinski definition) is 2. The molecule has 0 saturated carbocycles. The smallest absolute Gasteiger partial charge is 0.329 e. The van der Waals surface area contributed by atoms with Gasteiger partial charge in [0.05, 0.1) is 0 Å². The quantitative estimate of drug-likeness (QED) is 0.780. The highest BCUT2D eigenvalue weighted by Crippen LogP contribution is 2.25. The standard InChI is InChI=1S/C16H22N2O3/c1-3-9-16(2,14(19)20)18-15(21)17-13-8-7-11-5-4-6-12(11)10-13/h7-8,10H,3-6,9H2,1-2H3,(H,19,20)(H2,17,18,21). The molecule has 21 heavy (non-hydrogen) atoms. The molecule has 0 bridgehead atoms. The van der Waals surface area contributed by atoms with Crippen molar-refractivity contribution in [2.75, 3.05) is 5.32 Å². The summed E-state index contributed by atoms with van der Waals surface area (Å²) in [7, 11) is 0. The maximum absolute atomic E-state index is 12.0. The van der Waals surface area contributed by atoms with Gasteiger partial charge in [0.1, 0.15) is 5.54 Å². The minimum absolute atomic E-state index is 0.389. The van der Waals surface area contributed by atoms with Gasteiger partial charge in [0.25, 0.3) is 0 Å². The van der Waals surface area contributed by atoms with Gasteiger partial charge in [-0.2, -0.15) is 0 Å². The van der Waals surface area contributed by atoms with E-state index in [0.29, 0.717) is 18.5 Å². The Labute approximate surface area is 124 Å². The van der Waals surface area contributed by atoms with E-state index < -0.39 is 17.5 Å². The number of carboxylic acids is 1. The number of aliphatic carboxylic acids is 1. The van der Waals surface area contributed by atoms with Crippen molar-refractivity contribution in [3.8, 4) is 0 Å². The number of carbonyl (C=O) groups excluding carboxylic acids is 1. The van der Waals surface area contributed by atoms with Crippen molar-refractivity contribution >= 4 is 17.7 Å². The highest BCUT2D eigenvalue weighted by atomic mass is 16.4. The number of amides is 2. The second-order valence-electron chi connectivity index (χ2n) is 5.80. The average Bonchev–Trinajstić information content (AvgIpc) is 2.85. The molecule has 5 heteroatoms. The monoisotopic (exact) mass is 290 g/mol. The van der Waals surface area contributed by atoms with Crippen molar-refractivity contribution in [1.82, 2.24) is 5.32 Å². The maximum atomic E-state index is 12.0. The molecule has 2 rings (SSSR count). The number of anilines is 1. The molecule has 1 aromatic rings. The van der Waals surface area contributed by atoms with E-state index in [2.05, 4.69) is 10.6 Å². The van der Waals surface area contributed by atoms with Gasteiger partial charge < -0.3 is 15.7 Å². The zero-order valence-electron chi connectivity index (χ0n) is 12.5. The van der Waals surface area contributed by atoms with E-state index >= 15 is 0 Å². The summed E-state index contributed by atoms with van der Waals surface area (Å²) in [4.78, 5) is 23.3. The van der Waals surface area contributed by atoms with Gasteiger partial charge in [-0.05, 0) is 55.9 Å². The van der Waals surface area contributed by atoms with Gasteiger partial charge in [-0.3, -0.25) is 0 Å². The Balaban J connectivity index is 2.02. The molecule has 0 heterocycles. The van der Waals surface area contributed by atoms with Crippen molar-refractivity contribution < 1.29 is 14.7 Å². The number of carboxylic acid groups (broad SMARTS) is 1. The number of rotatable bonds is 5. The summed E-state index contributed by atoms with van der Waals surface area (Å²) >= 11 is 0. The fraction of sp³-hybridized carbons (Fsp3) is 0.500. The van der Waals surface area contributed by atoms with Crippen LogP contribution in [0.3, 0.4) is 0 Å². The van der Waals surface area contributed by atoms with E-state index in [9.17, 15) is 14.7 Å². The summed E-state index contributed by atoms with van der Waals surface area (Å²) in [6, 6.07) is 5.38. The van der Waals surface area contributed by atoms with E-state index in [1.54, 1.807) is 0 Å². The minimum atomic E-state index is -1.24. The van der Waals surface area contributed by atoms with Crippen LogP contribution in [0.15, 0.2) is 18.2 Å². The molecule has 0 fully saturated rings. The fourth-order valence-corrected chi connectivity index (χ4v) is 2.79. The van der Waals surface area contributed by atoms with Gasteiger partial charge in [-0.25, -0.2) is 9.59 Å². The summed E-state index contributed by atoms with van der Waals surface area (Å²) in [5.74, 6) is -1.02. The SMILES string of the molecule is CCCC(C)(NC(=O)Nc1ccc2c(c1)CCC2)C(=O)O. The van der Waals surface area contributed by atoms with Crippen LogP contribution in [-0.2, 0) is 17.6 Å². The lowest BCUT2D eigenvalue weighted by atomic mass is 9.97. The van der Waals surface area contributed by atoms with Crippen molar-refractivity contribution in [3.05, 3.63) is 29.3 Å². The van der Waals surface area contributed by atoms with Crippen molar-refractivity contribution in [1.29, 1.82) is 0 Å². The van der Waals surface area contributed by atoms with Crippen molar-refractivity contribution in [2.24, 2.45) is 0 Å². The van der Waals surface area contributed by atoms with E-state index in [4.69, 9.17) is 0 Å². The molecule has 0 aliphatic heterocycles. The molecule has 0 spiro atoms. The highest BCUT2D eigenvalue weighted by molar-refractivity contribution is 5.93. The second kappa shape index (κ2) is 6.16. The van der Waals surface area contributed by atoms with Crippen molar-refractivity contribution in [3.63, 3.8) is 0 Å². The second-order valence-corrected chi connectivity index (χ2v) is 5.80. The van der Waals surface area contributed by atoms with Crippen LogP contribution < -0.4 is 10.6 Å². The number of carbonyl (C=O) groups is 2. The zero-order valence-corrected chi connectivity index (χ0v) is 12.5. The van der Waals surface area contributed by atoms with E-state index in [1.807, 2.05) is 25.1 Å². The maximum Gasteiger partial charge on any atom is 0.329 e. The molecule has 3 N–H and O–H groups in total. The van der Waals surface area contributed by atoms with Crippen LogP contribution in [0.1, 0.15) is 44.2 Å². The molecule has 5 nitrogen and oxygen atoms in total. The third-order valence-electron chi connectivity index (χ3n) is 3.97. The molecule has 1 aliphatic rings. The Morgan fingerprint density at radius 1 is 1.29 bits per heavy atom. The number of hydrogen-bond donors (Lipinski definition) is 3. The van der Waals surface area contributed by atoms with Crippen LogP contribution in [0.4, 0.5) is 10.5 Å². The Kier molecular flexibility index (Phi) is 4.50. The number of fused-ring (bicyclic) bond motifs is 1. The molecular formula is C16H22N2O3. The molecule has 0 radical (unpaired) electrons.